The van der Waals surface area contributed by atoms with Gasteiger partial charge in [-0.15, -0.1) is 0 Å². The van der Waals surface area contributed by atoms with Gasteiger partial charge in [-0.3, -0.25) is 0 Å². The Balaban J connectivity index is 2.19. The topological polar surface area (TPSA) is 12.0 Å². The van der Waals surface area contributed by atoms with Gasteiger partial charge in [0.25, 0.3) is 0 Å². The van der Waals surface area contributed by atoms with Gasteiger partial charge in [0.1, 0.15) is 5.82 Å². The summed E-state index contributed by atoms with van der Waals surface area (Å²) >= 11 is 0. The Morgan fingerprint density at radius 1 is 1.42 bits per heavy atom. The molecule has 2 unspecified atom stereocenters. The molecule has 0 amide bonds. The van der Waals surface area contributed by atoms with E-state index in [-0.39, 0.29) is 5.82 Å². The minimum absolute atomic E-state index is 0.0692. The van der Waals surface area contributed by atoms with E-state index in [2.05, 4.69) is 5.32 Å². The Bertz CT molecular complexity index is 285. The maximum Gasteiger partial charge on any atom is 0.126 e. The first-order chi connectivity index (χ1) is 5.83. The van der Waals surface area contributed by atoms with Crippen LogP contribution in [0.1, 0.15) is 17.9 Å². The Morgan fingerprint density at radius 2 is 2.17 bits per heavy atom. The molecule has 0 aliphatic heterocycles. The molecule has 2 rings (SSSR count). The Kier molecular flexibility index (Phi) is 1.85. The predicted octanol–water partition coefficient (Wildman–Crippen LogP) is 1.90. The van der Waals surface area contributed by atoms with Crippen LogP contribution in [0.3, 0.4) is 0 Å². The highest BCUT2D eigenvalue weighted by atomic mass is 19.1. The van der Waals surface area contributed by atoms with Crippen molar-refractivity contribution in [3.63, 3.8) is 0 Å². The zero-order valence-corrected chi connectivity index (χ0v) is 7.05. The zero-order valence-electron chi connectivity index (χ0n) is 7.05. The summed E-state index contributed by atoms with van der Waals surface area (Å²) in [5.74, 6) is 0.330. The minimum atomic E-state index is -0.0692. The van der Waals surface area contributed by atoms with Crippen molar-refractivity contribution < 1.29 is 4.39 Å². The molecule has 0 radical (unpaired) electrons. The zero-order chi connectivity index (χ0) is 8.55. The van der Waals surface area contributed by atoms with E-state index in [4.69, 9.17) is 0 Å². The van der Waals surface area contributed by atoms with E-state index < -0.39 is 0 Å². The van der Waals surface area contributed by atoms with Crippen molar-refractivity contribution in [2.45, 2.75) is 18.4 Å². The van der Waals surface area contributed by atoms with Crippen LogP contribution in [0.25, 0.3) is 0 Å². The summed E-state index contributed by atoms with van der Waals surface area (Å²) in [5, 5.41) is 3.15. The smallest absolute Gasteiger partial charge is 0.126 e. The number of nitrogens with one attached hydrogen (secondary N) is 1. The van der Waals surface area contributed by atoms with E-state index in [1.54, 1.807) is 6.07 Å². The molecule has 0 heterocycles. The molecule has 1 N–H and O–H groups in total. The SMILES string of the molecule is CNC1CC1c1ccccc1F. The van der Waals surface area contributed by atoms with Crippen LogP contribution in [0.4, 0.5) is 4.39 Å². The van der Waals surface area contributed by atoms with Crippen molar-refractivity contribution >= 4 is 0 Å². The fraction of sp³-hybridized carbons (Fsp3) is 0.400. The second kappa shape index (κ2) is 2.87. The molecule has 12 heavy (non-hydrogen) atoms. The molecule has 0 spiro atoms. The van der Waals surface area contributed by atoms with Gasteiger partial charge in [0, 0.05) is 12.0 Å². The molecule has 1 saturated carbocycles. The van der Waals surface area contributed by atoms with Crippen LogP contribution in [0.15, 0.2) is 24.3 Å². The number of benzene rings is 1. The normalized spacial score (nSPS) is 27.2. The quantitative estimate of drug-likeness (QED) is 0.705. The van der Waals surface area contributed by atoms with Crippen molar-refractivity contribution in [3.05, 3.63) is 35.6 Å². The molecule has 1 aromatic rings. The van der Waals surface area contributed by atoms with Gasteiger partial charge in [0.2, 0.25) is 0 Å². The summed E-state index contributed by atoms with van der Waals surface area (Å²) in [5.41, 5.74) is 0.858. The van der Waals surface area contributed by atoms with E-state index in [1.807, 2.05) is 19.2 Å². The molecule has 1 fully saturated rings. The molecule has 0 saturated heterocycles. The second-order valence-corrected chi connectivity index (χ2v) is 3.26. The highest BCUT2D eigenvalue weighted by Gasteiger charge is 2.38. The van der Waals surface area contributed by atoms with Gasteiger partial charge in [0.15, 0.2) is 0 Å². The van der Waals surface area contributed by atoms with E-state index in [0.29, 0.717) is 12.0 Å². The maximum absolute atomic E-state index is 13.2. The van der Waals surface area contributed by atoms with Crippen LogP contribution in [-0.2, 0) is 0 Å². The lowest BCUT2D eigenvalue weighted by atomic mass is 10.1. The first-order valence-electron chi connectivity index (χ1n) is 4.24. The van der Waals surface area contributed by atoms with Crippen LogP contribution in [0.2, 0.25) is 0 Å². The molecular weight excluding hydrogens is 153 g/mol. The largest absolute Gasteiger partial charge is 0.316 e. The summed E-state index contributed by atoms with van der Waals surface area (Å²) in [6, 6.07) is 7.51. The van der Waals surface area contributed by atoms with Crippen LogP contribution in [0, 0.1) is 5.82 Å². The number of halogens is 1. The predicted molar refractivity (Wildman–Crippen MR) is 46.6 cm³/mol. The van der Waals surface area contributed by atoms with Gasteiger partial charge in [-0.2, -0.15) is 0 Å². The fourth-order valence-electron chi connectivity index (χ4n) is 1.63. The Hall–Kier alpha value is -0.890. The van der Waals surface area contributed by atoms with E-state index in [1.165, 1.54) is 6.07 Å². The summed E-state index contributed by atoms with van der Waals surface area (Å²) in [6.45, 7) is 0. The Labute approximate surface area is 71.6 Å². The highest BCUT2D eigenvalue weighted by molar-refractivity contribution is 5.29. The molecule has 1 nitrogen and oxygen atoms in total. The van der Waals surface area contributed by atoms with Gasteiger partial charge >= 0.3 is 0 Å². The third-order valence-electron chi connectivity index (χ3n) is 2.47. The van der Waals surface area contributed by atoms with Gasteiger partial charge < -0.3 is 5.32 Å². The number of likely N-dealkylation sites (N-methyl/N-ethyl adjacent to an activating group) is 1. The lowest BCUT2D eigenvalue weighted by molar-refractivity contribution is 0.606. The molecule has 2 atom stereocenters. The van der Waals surface area contributed by atoms with Crippen LogP contribution in [-0.4, -0.2) is 13.1 Å². The average molecular weight is 165 g/mol. The number of hydrogen-bond donors (Lipinski definition) is 1. The minimum Gasteiger partial charge on any atom is -0.316 e. The lowest BCUT2D eigenvalue weighted by Gasteiger charge is -2.00. The van der Waals surface area contributed by atoms with Crippen molar-refractivity contribution in [1.82, 2.24) is 5.32 Å². The first-order valence-corrected chi connectivity index (χ1v) is 4.24. The second-order valence-electron chi connectivity index (χ2n) is 3.26. The summed E-state index contributed by atoms with van der Waals surface area (Å²) in [7, 11) is 1.92. The van der Waals surface area contributed by atoms with Crippen molar-refractivity contribution in [1.29, 1.82) is 0 Å². The Morgan fingerprint density at radius 3 is 2.75 bits per heavy atom. The summed E-state index contributed by atoms with van der Waals surface area (Å²) in [6.07, 6.45) is 1.07. The lowest BCUT2D eigenvalue weighted by Crippen LogP contribution is -2.10. The van der Waals surface area contributed by atoms with Crippen LogP contribution >= 0.6 is 0 Å². The molecule has 0 aromatic heterocycles. The molecule has 1 aliphatic carbocycles. The first kappa shape index (κ1) is 7.74. The van der Waals surface area contributed by atoms with E-state index >= 15 is 0 Å². The van der Waals surface area contributed by atoms with Crippen molar-refractivity contribution in [3.8, 4) is 0 Å². The molecule has 0 bridgehead atoms. The van der Waals surface area contributed by atoms with Gasteiger partial charge in [0.05, 0.1) is 0 Å². The van der Waals surface area contributed by atoms with Gasteiger partial charge in [-0.1, -0.05) is 18.2 Å². The molecular formula is C10H12FN. The average Bonchev–Trinajstić information content (AvgIpc) is 2.84. The van der Waals surface area contributed by atoms with Crippen LogP contribution < -0.4 is 5.32 Å². The monoisotopic (exact) mass is 165 g/mol. The summed E-state index contributed by atoms with van der Waals surface area (Å²) in [4.78, 5) is 0. The highest BCUT2D eigenvalue weighted by Crippen LogP contribution is 2.41. The number of rotatable bonds is 2. The molecule has 64 valence electrons. The molecule has 2 heteroatoms. The maximum atomic E-state index is 13.2. The van der Waals surface area contributed by atoms with E-state index in [0.717, 1.165) is 12.0 Å². The third-order valence-corrected chi connectivity index (χ3v) is 2.47. The van der Waals surface area contributed by atoms with Crippen LogP contribution in [0.5, 0.6) is 0 Å². The number of hydrogen-bond acceptors (Lipinski definition) is 1. The van der Waals surface area contributed by atoms with Crippen molar-refractivity contribution in [2.24, 2.45) is 0 Å². The fourth-order valence-corrected chi connectivity index (χ4v) is 1.63. The van der Waals surface area contributed by atoms with Crippen molar-refractivity contribution in [2.75, 3.05) is 7.05 Å². The third kappa shape index (κ3) is 1.23. The van der Waals surface area contributed by atoms with E-state index in [9.17, 15) is 4.39 Å². The van der Waals surface area contributed by atoms with Gasteiger partial charge in [-0.05, 0) is 25.1 Å². The summed E-state index contributed by atoms with van der Waals surface area (Å²) < 4.78 is 13.2. The van der Waals surface area contributed by atoms with Gasteiger partial charge in [-0.25, -0.2) is 4.39 Å². The molecule has 1 aliphatic rings. The standard InChI is InChI=1S/C10H12FN/c1-12-10-6-8(10)7-4-2-3-5-9(7)11/h2-5,8,10,12H,6H2,1H3. The molecule has 1 aromatic carbocycles.